The van der Waals surface area contributed by atoms with Crippen LogP contribution in [0, 0.1) is 5.92 Å². The van der Waals surface area contributed by atoms with Crippen LogP contribution < -0.4 is 5.48 Å². The number of carbonyl (C=O) groups is 1. The summed E-state index contributed by atoms with van der Waals surface area (Å²) in [5.41, 5.74) is 2.39. The van der Waals surface area contributed by atoms with Gasteiger partial charge in [0.1, 0.15) is 10.8 Å². The molecule has 0 aliphatic rings. The number of hydrogen-bond donors (Lipinski definition) is 1. The summed E-state index contributed by atoms with van der Waals surface area (Å²) >= 11 is 5.58. The Bertz CT molecular complexity index is 344. The van der Waals surface area contributed by atoms with Crippen molar-refractivity contribution in [2.75, 3.05) is 6.61 Å². The van der Waals surface area contributed by atoms with E-state index in [1.54, 1.807) is 0 Å². The number of halogens is 1. The van der Waals surface area contributed by atoms with E-state index in [1.165, 1.54) is 12.4 Å². The Labute approximate surface area is 92.8 Å². The van der Waals surface area contributed by atoms with Crippen LogP contribution in [0.15, 0.2) is 12.4 Å². The fraction of sp³-hybridized carbons (Fsp3) is 0.444. The molecule has 5 nitrogen and oxygen atoms in total. The van der Waals surface area contributed by atoms with Gasteiger partial charge in [0.25, 0.3) is 5.91 Å². The van der Waals surface area contributed by atoms with Gasteiger partial charge in [-0.15, -0.1) is 0 Å². The number of nitrogens with zero attached hydrogens (tertiary/aromatic N) is 2. The molecule has 1 rings (SSSR count). The summed E-state index contributed by atoms with van der Waals surface area (Å²) in [5, 5.41) is 0.173. The Kier molecular flexibility index (Phi) is 4.45. The summed E-state index contributed by atoms with van der Waals surface area (Å²) in [6.07, 6.45) is 2.67. The highest BCUT2D eigenvalue weighted by Crippen LogP contribution is 2.02. The average Bonchev–Trinajstić information content (AvgIpc) is 2.17. The molecule has 15 heavy (non-hydrogen) atoms. The molecule has 0 aromatic carbocycles. The number of hydroxylamine groups is 1. The molecular weight excluding hydrogens is 218 g/mol. The quantitative estimate of drug-likeness (QED) is 0.794. The average molecular weight is 230 g/mol. The highest BCUT2D eigenvalue weighted by atomic mass is 35.5. The molecule has 0 fully saturated rings. The molecule has 6 heteroatoms. The molecule has 0 spiro atoms. The van der Waals surface area contributed by atoms with Crippen LogP contribution in [0.2, 0.25) is 5.15 Å². The Balaban J connectivity index is 2.47. The number of aromatic nitrogens is 2. The van der Waals surface area contributed by atoms with Gasteiger partial charge in [-0.2, -0.15) is 0 Å². The molecule has 0 saturated carbocycles. The Hall–Kier alpha value is -1.20. The Morgan fingerprint density at radius 1 is 1.60 bits per heavy atom. The van der Waals surface area contributed by atoms with Crippen molar-refractivity contribution in [3.05, 3.63) is 23.2 Å². The lowest BCUT2D eigenvalue weighted by Crippen LogP contribution is -2.26. The maximum absolute atomic E-state index is 11.4. The predicted octanol–water partition coefficient (Wildman–Crippen LogP) is 1.45. The van der Waals surface area contributed by atoms with E-state index in [9.17, 15) is 4.79 Å². The summed E-state index contributed by atoms with van der Waals surface area (Å²) in [6.45, 7) is 4.40. The number of rotatable bonds is 4. The van der Waals surface area contributed by atoms with E-state index < -0.39 is 5.91 Å². The normalized spacial score (nSPS) is 10.4. The van der Waals surface area contributed by atoms with Crippen LogP contribution in [0.5, 0.6) is 0 Å². The molecule has 1 aromatic heterocycles. The van der Waals surface area contributed by atoms with Gasteiger partial charge in [-0.3, -0.25) is 14.6 Å². The first-order chi connectivity index (χ1) is 7.09. The fourth-order valence-electron chi connectivity index (χ4n) is 0.778. The van der Waals surface area contributed by atoms with Crippen LogP contribution in [0.4, 0.5) is 0 Å². The van der Waals surface area contributed by atoms with Crippen LogP contribution in [-0.4, -0.2) is 22.5 Å². The molecule has 0 aliphatic heterocycles. The van der Waals surface area contributed by atoms with Crippen molar-refractivity contribution >= 4 is 17.5 Å². The van der Waals surface area contributed by atoms with Gasteiger partial charge in [0.2, 0.25) is 0 Å². The topological polar surface area (TPSA) is 64.1 Å². The van der Waals surface area contributed by atoms with E-state index in [0.717, 1.165) is 0 Å². The lowest BCUT2D eigenvalue weighted by Gasteiger charge is -2.06. The van der Waals surface area contributed by atoms with E-state index in [2.05, 4.69) is 15.4 Å². The minimum absolute atomic E-state index is 0.131. The predicted molar refractivity (Wildman–Crippen MR) is 55.3 cm³/mol. The molecule has 1 aromatic rings. The first kappa shape index (κ1) is 11.9. The third kappa shape index (κ3) is 4.22. The lowest BCUT2D eigenvalue weighted by molar-refractivity contribution is 0.0204. The van der Waals surface area contributed by atoms with E-state index in [1.807, 2.05) is 13.8 Å². The minimum atomic E-state index is -0.453. The van der Waals surface area contributed by atoms with Crippen molar-refractivity contribution in [1.29, 1.82) is 0 Å². The van der Waals surface area contributed by atoms with Crippen molar-refractivity contribution in [1.82, 2.24) is 15.4 Å². The van der Waals surface area contributed by atoms with Gasteiger partial charge in [-0.05, 0) is 5.92 Å². The summed E-state index contributed by atoms with van der Waals surface area (Å²) in [5.74, 6) is -0.110. The molecule has 1 heterocycles. The van der Waals surface area contributed by atoms with Crippen LogP contribution in [0.3, 0.4) is 0 Å². The van der Waals surface area contributed by atoms with Crippen LogP contribution in [-0.2, 0) is 4.84 Å². The van der Waals surface area contributed by atoms with Gasteiger partial charge in [0.05, 0.1) is 19.0 Å². The monoisotopic (exact) mass is 229 g/mol. The van der Waals surface area contributed by atoms with E-state index in [4.69, 9.17) is 16.4 Å². The van der Waals surface area contributed by atoms with Gasteiger partial charge in [-0.1, -0.05) is 25.4 Å². The van der Waals surface area contributed by atoms with E-state index >= 15 is 0 Å². The maximum Gasteiger partial charge on any atom is 0.295 e. The van der Waals surface area contributed by atoms with E-state index in [-0.39, 0.29) is 10.8 Å². The molecule has 0 saturated heterocycles. The van der Waals surface area contributed by atoms with Crippen molar-refractivity contribution in [2.24, 2.45) is 5.92 Å². The minimum Gasteiger partial charge on any atom is -0.273 e. The number of nitrogens with one attached hydrogen (secondary N) is 1. The van der Waals surface area contributed by atoms with E-state index in [0.29, 0.717) is 12.5 Å². The SMILES string of the molecule is CC(C)CONC(=O)c1cncc(Cl)n1. The molecule has 1 amide bonds. The first-order valence-corrected chi connectivity index (χ1v) is 4.87. The highest BCUT2D eigenvalue weighted by Gasteiger charge is 2.08. The van der Waals surface area contributed by atoms with Crippen LogP contribution >= 0.6 is 11.6 Å². The van der Waals surface area contributed by atoms with Crippen molar-refractivity contribution in [3.63, 3.8) is 0 Å². The van der Waals surface area contributed by atoms with Gasteiger partial charge < -0.3 is 0 Å². The largest absolute Gasteiger partial charge is 0.295 e. The van der Waals surface area contributed by atoms with Crippen LogP contribution in [0.25, 0.3) is 0 Å². The molecule has 1 N–H and O–H groups in total. The Morgan fingerprint density at radius 2 is 2.33 bits per heavy atom. The summed E-state index contributed by atoms with van der Waals surface area (Å²) in [4.78, 5) is 23.8. The van der Waals surface area contributed by atoms with Gasteiger partial charge in [0, 0.05) is 0 Å². The molecule has 0 radical (unpaired) electrons. The number of amides is 1. The second-order valence-electron chi connectivity index (χ2n) is 3.36. The zero-order valence-corrected chi connectivity index (χ0v) is 9.28. The van der Waals surface area contributed by atoms with Crippen molar-refractivity contribution in [2.45, 2.75) is 13.8 Å². The molecule has 0 bridgehead atoms. The van der Waals surface area contributed by atoms with Crippen LogP contribution in [0.1, 0.15) is 24.3 Å². The molecule has 0 unspecified atom stereocenters. The lowest BCUT2D eigenvalue weighted by atomic mass is 10.2. The Morgan fingerprint density at radius 3 is 2.93 bits per heavy atom. The third-order valence-corrected chi connectivity index (χ3v) is 1.60. The first-order valence-electron chi connectivity index (χ1n) is 4.49. The number of carbonyl (C=O) groups excluding carboxylic acids is 1. The second kappa shape index (κ2) is 5.63. The fourth-order valence-corrected chi connectivity index (χ4v) is 0.925. The van der Waals surface area contributed by atoms with Crippen molar-refractivity contribution < 1.29 is 9.63 Å². The zero-order chi connectivity index (χ0) is 11.3. The number of hydrogen-bond acceptors (Lipinski definition) is 4. The second-order valence-corrected chi connectivity index (χ2v) is 3.75. The summed E-state index contributed by atoms with van der Waals surface area (Å²) < 4.78 is 0. The molecule has 0 aliphatic carbocycles. The summed E-state index contributed by atoms with van der Waals surface area (Å²) in [6, 6.07) is 0. The molecule has 82 valence electrons. The van der Waals surface area contributed by atoms with Gasteiger partial charge in [-0.25, -0.2) is 10.5 Å². The van der Waals surface area contributed by atoms with Gasteiger partial charge in [0.15, 0.2) is 0 Å². The van der Waals surface area contributed by atoms with Gasteiger partial charge >= 0.3 is 0 Å². The smallest absolute Gasteiger partial charge is 0.273 e. The highest BCUT2D eigenvalue weighted by molar-refractivity contribution is 6.29. The standard InChI is InChI=1S/C9H12ClN3O2/c1-6(2)5-15-13-9(14)7-3-11-4-8(10)12-7/h3-4,6H,5H2,1-2H3,(H,13,14). The molecular formula is C9H12ClN3O2. The zero-order valence-electron chi connectivity index (χ0n) is 8.53. The molecule has 0 atom stereocenters. The van der Waals surface area contributed by atoms with Crippen molar-refractivity contribution in [3.8, 4) is 0 Å². The third-order valence-electron chi connectivity index (χ3n) is 1.42. The summed E-state index contributed by atoms with van der Waals surface area (Å²) in [7, 11) is 0. The maximum atomic E-state index is 11.4.